The van der Waals surface area contributed by atoms with Crippen molar-refractivity contribution in [2.24, 2.45) is 11.8 Å². The van der Waals surface area contributed by atoms with E-state index in [-0.39, 0.29) is 6.04 Å². The lowest BCUT2D eigenvalue weighted by atomic mass is 9.72. The smallest absolute Gasteiger partial charge is 0.340 e. The molecule has 0 N–H and O–H groups in total. The first kappa shape index (κ1) is 22.2. The standard InChI is InChI=1S/C27H29ClN2O3/c1-3-17-16-30-13-11-18(17)14-25(30)26(33-27(31)21-6-4-5-7-23(21)28)20-10-12-29-24-9-8-19(32-2)15-22(20)24/h4-10,12,15,17-18,25-26H,3,11,13-14,16H2,1-2H3/t17-,18-,25-,26+/m0/s1. The predicted molar refractivity (Wildman–Crippen MR) is 130 cm³/mol. The van der Waals surface area contributed by atoms with Crippen molar-refractivity contribution in [3.05, 3.63) is 70.9 Å². The van der Waals surface area contributed by atoms with Crippen LogP contribution in [0.4, 0.5) is 0 Å². The minimum atomic E-state index is -0.424. The maximum atomic E-state index is 13.3. The molecular formula is C27H29ClN2O3. The van der Waals surface area contributed by atoms with E-state index in [4.69, 9.17) is 21.1 Å². The van der Waals surface area contributed by atoms with E-state index < -0.39 is 12.1 Å². The van der Waals surface area contributed by atoms with Crippen LogP contribution in [0, 0.1) is 11.8 Å². The number of pyridine rings is 1. The van der Waals surface area contributed by atoms with Gasteiger partial charge in [-0.1, -0.05) is 37.1 Å². The molecule has 3 aliphatic heterocycles. The maximum absolute atomic E-state index is 13.3. The number of rotatable bonds is 6. The summed E-state index contributed by atoms with van der Waals surface area (Å²) in [5, 5.41) is 1.35. The largest absolute Gasteiger partial charge is 0.497 e. The first-order valence-electron chi connectivity index (χ1n) is 11.7. The lowest BCUT2D eigenvalue weighted by molar-refractivity contribution is -0.0659. The lowest BCUT2D eigenvalue weighted by Gasteiger charge is -2.51. The second kappa shape index (κ2) is 9.32. The van der Waals surface area contributed by atoms with Crippen LogP contribution in [0.25, 0.3) is 10.9 Å². The summed E-state index contributed by atoms with van der Waals surface area (Å²) in [4.78, 5) is 20.4. The van der Waals surface area contributed by atoms with Crippen molar-refractivity contribution in [3.8, 4) is 5.75 Å². The van der Waals surface area contributed by atoms with Crippen molar-refractivity contribution in [2.75, 3.05) is 20.2 Å². The Morgan fingerprint density at radius 2 is 2.09 bits per heavy atom. The molecule has 3 fully saturated rings. The number of piperidine rings is 3. The normalized spacial score (nSPS) is 25.1. The summed E-state index contributed by atoms with van der Waals surface area (Å²) in [6.07, 6.45) is 4.80. The molecule has 0 saturated carbocycles. The fourth-order valence-corrected chi connectivity index (χ4v) is 5.85. The molecule has 5 atom stereocenters. The minimum absolute atomic E-state index is 0.120. The van der Waals surface area contributed by atoms with Gasteiger partial charge in [0, 0.05) is 23.7 Å². The Kier molecular flexibility index (Phi) is 6.26. The van der Waals surface area contributed by atoms with Crippen molar-refractivity contribution in [1.29, 1.82) is 0 Å². The number of esters is 1. The van der Waals surface area contributed by atoms with Gasteiger partial charge >= 0.3 is 5.97 Å². The van der Waals surface area contributed by atoms with Gasteiger partial charge in [-0.05, 0) is 67.6 Å². The van der Waals surface area contributed by atoms with Crippen molar-refractivity contribution in [2.45, 2.75) is 38.3 Å². The predicted octanol–water partition coefficient (Wildman–Crippen LogP) is 5.92. The van der Waals surface area contributed by atoms with E-state index in [1.165, 1.54) is 12.8 Å². The summed E-state index contributed by atoms with van der Waals surface area (Å²) in [6, 6.07) is 15.0. The third kappa shape index (κ3) is 4.20. The van der Waals surface area contributed by atoms with Gasteiger partial charge in [0.15, 0.2) is 0 Å². The highest BCUT2D eigenvalue weighted by Gasteiger charge is 2.44. The number of carbonyl (C=O) groups is 1. The van der Waals surface area contributed by atoms with Gasteiger partial charge in [-0.3, -0.25) is 9.88 Å². The maximum Gasteiger partial charge on any atom is 0.340 e. The van der Waals surface area contributed by atoms with Gasteiger partial charge in [0.2, 0.25) is 0 Å². The molecular weight excluding hydrogens is 436 g/mol. The van der Waals surface area contributed by atoms with Crippen molar-refractivity contribution >= 4 is 28.5 Å². The van der Waals surface area contributed by atoms with E-state index in [0.717, 1.165) is 41.7 Å². The summed E-state index contributed by atoms with van der Waals surface area (Å²) in [5.41, 5.74) is 2.21. The van der Waals surface area contributed by atoms with Crippen LogP contribution < -0.4 is 4.74 Å². The summed E-state index contributed by atoms with van der Waals surface area (Å²) in [5.74, 6) is 1.73. The number of ether oxygens (including phenoxy) is 2. The molecule has 4 heterocycles. The van der Waals surface area contributed by atoms with E-state index in [9.17, 15) is 4.79 Å². The molecule has 5 nitrogen and oxygen atoms in total. The Hall–Kier alpha value is -2.63. The van der Waals surface area contributed by atoms with Gasteiger partial charge in [0.1, 0.15) is 11.9 Å². The van der Waals surface area contributed by atoms with E-state index >= 15 is 0 Å². The summed E-state index contributed by atoms with van der Waals surface area (Å²) >= 11 is 6.33. The number of nitrogens with zero attached hydrogens (tertiary/aromatic N) is 2. The molecule has 0 radical (unpaired) electrons. The number of fused-ring (bicyclic) bond motifs is 4. The van der Waals surface area contributed by atoms with Gasteiger partial charge in [0.25, 0.3) is 0 Å². The number of halogens is 1. The van der Waals surface area contributed by atoms with Crippen molar-refractivity contribution < 1.29 is 14.3 Å². The quantitative estimate of drug-likeness (QED) is 0.424. The number of carbonyl (C=O) groups excluding carboxylic acids is 1. The van der Waals surface area contributed by atoms with Crippen molar-refractivity contribution in [3.63, 3.8) is 0 Å². The molecule has 3 aliphatic rings. The van der Waals surface area contributed by atoms with E-state index in [0.29, 0.717) is 22.4 Å². The SMILES string of the molecule is CC[C@H]1CN2CC[C@H]1C[C@H]2[C@H](OC(=O)c1ccccc1Cl)c1ccnc2ccc(OC)cc12. The topological polar surface area (TPSA) is 51.7 Å². The monoisotopic (exact) mass is 464 g/mol. The molecule has 1 unspecified atom stereocenters. The Morgan fingerprint density at radius 1 is 1.24 bits per heavy atom. The van der Waals surface area contributed by atoms with Gasteiger partial charge in [-0.15, -0.1) is 0 Å². The second-order valence-electron chi connectivity index (χ2n) is 9.10. The average Bonchev–Trinajstić information content (AvgIpc) is 2.87. The Balaban J connectivity index is 1.57. The van der Waals surface area contributed by atoms with E-state index in [1.54, 1.807) is 25.4 Å². The van der Waals surface area contributed by atoms with Crippen LogP contribution in [0.15, 0.2) is 54.7 Å². The van der Waals surface area contributed by atoms with Crippen LogP contribution in [-0.2, 0) is 4.74 Å². The summed E-state index contributed by atoms with van der Waals surface area (Å²) in [7, 11) is 1.66. The molecule has 6 rings (SSSR count). The fraction of sp³-hybridized carbons (Fsp3) is 0.407. The molecule has 33 heavy (non-hydrogen) atoms. The zero-order valence-electron chi connectivity index (χ0n) is 19.0. The molecule has 0 spiro atoms. The molecule has 172 valence electrons. The van der Waals surface area contributed by atoms with Gasteiger partial charge in [-0.25, -0.2) is 4.79 Å². The highest BCUT2D eigenvalue weighted by atomic mass is 35.5. The van der Waals surface area contributed by atoms with Crippen LogP contribution in [0.5, 0.6) is 5.75 Å². The zero-order chi connectivity index (χ0) is 22.9. The van der Waals surface area contributed by atoms with Gasteiger partial charge < -0.3 is 9.47 Å². The van der Waals surface area contributed by atoms with Gasteiger partial charge in [0.05, 0.1) is 29.3 Å². The summed E-state index contributed by atoms with van der Waals surface area (Å²) < 4.78 is 11.8. The fourth-order valence-electron chi connectivity index (χ4n) is 5.63. The highest BCUT2D eigenvalue weighted by Crippen LogP contribution is 2.44. The summed E-state index contributed by atoms with van der Waals surface area (Å²) in [6.45, 7) is 4.37. The molecule has 2 aromatic carbocycles. The minimum Gasteiger partial charge on any atom is -0.497 e. The van der Waals surface area contributed by atoms with Crippen LogP contribution >= 0.6 is 11.6 Å². The van der Waals surface area contributed by atoms with Crippen LogP contribution in [0.3, 0.4) is 0 Å². The molecule has 3 aromatic rings. The first-order chi connectivity index (χ1) is 16.1. The lowest BCUT2D eigenvalue weighted by Crippen LogP contribution is -2.55. The molecule has 2 bridgehead atoms. The van der Waals surface area contributed by atoms with Crippen LogP contribution in [-0.4, -0.2) is 42.1 Å². The molecule has 6 heteroatoms. The third-order valence-corrected chi connectivity index (χ3v) is 7.76. The van der Waals surface area contributed by atoms with Crippen molar-refractivity contribution in [1.82, 2.24) is 9.88 Å². The molecule has 3 saturated heterocycles. The Labute approximate surface area is 199 Å². The van der Waals surface area contributed by atoms with Crippen LogP contribution in [0.2, 0.25) is 5.02 Å². The number of methoxy groups -OCH3 is 1. The van der Waals surface area contributed by atoms with Gasteiger partial charge in [-0.2, -0.15) is 0 Å². The molecule has 0 aliphatic carbocycles. The average molecular weight is 465 g/mol. The number of benzene rings is 2. The first-order valence-corrected chi connectivity index (χ1v) is 12.1. The molecule has 0 amide bonds. The third-order valence-electron chi connectivity index (χ3n) is 7.43. The van der Waals surface area contributed by atoms with E-state index in [2.05, 4.69) is 16.8 Å². The number of hydrogen-bond acceptors (Lipinski definition) is 5. The number of aromatic nitrogens is 1. The Morgan fingerprint density at radius 3 is 2.82 bits per heavy atom. The van der Waals surface area contributed by atoms with Crippen LogP contribution in [0.1, 0.15) is 48.2 Å². The second-order valence-corrected chi connectivity index (χ2v) is 9.51. The molecule has 1 aromatic heterocycles. The zero-order valence-corrected chi connectivity index (χ0v) is 19.8. The van der Waals surface area contributed by atoms with E-state index in [1.807, 2.05) is 36.4 Å². The Bertz CT molecular complexity index is 1170. The number of hydrogen-bond donors (Lipinski definition) is 0. The highest BCUT2D eigenvalue weighted by molar-refractivity contribution is 6.33.